The van der Waals surface area contributed by atoms with Gasteiger partial charge in [0, 0.05) is 0 Å². The molecule has 4 aromatic carbocycles. The van der Waals surface area contributed by atoms with E-state index in [-0.39, 0.29) is 10.8 Å². The van der Waals surface area contributed by atoms with Crippen molar-refractivity contribution in [2.75, 3.05) is 0 Å². The third-order valence-corrected chi connectivity index (χ3v) is 10.8. The Hall–Kier alpha value is -2.89. The molecule has 248 valence electrons. The summed E-state index contributed by atoms with van der Waals surface area (Å²) >= 11 is 1.47. The predicted molar refractivity (Wildman–Crippen MR) is 206 cm³/mol. The van der Waals surface area contributed by atoms with Crippen molar-refractivity contribution < 1.29 is 24.2 Å². The van der Waals surface area contributed by atoms with Gasteiger partial charge in [-0.05, 0) is 35.4 Å². The SMILES string of the molecule is CC(C)c1ccc([C](=[Zr+2])c2ccc(C(C)C)cc2)cc1.Cc1[c-]c2c(cc1C(C)(C)C)-c1cc(C(C)(C)C)c(C)cc1C2.[C-]1=CC=CC1. The maximum Gasteiger partial charge on any atom is -0.0129 e. The number of benzene rings is 4. The fraction of sp³-hybridized carbons (Fsp3) is 0.383. The molecule has 0 radical (unpaired) electrons. The zero-order chi connectivity index (χ0) is 35.4. The van der Waals surface area contributed by atoms with Gasteiger partial charge >= 0.3 is 138 Å². The quantitative estimate of drug-likeness (QED) is 0.163. The Labute approximate surface area is 308 Å². The van der Waals surface area contributed by atoms with Crippen LogP contribution in [0.4, 0.5) is 0 Å². The maximum absolute atomic E-state index is 3.69. The van der Waals surface area contributed by atoms with Gasteiger partial charge in [-0.25, -0.2) is 12.2 Å². The normalized spacial score (nSPS) is 13.2. The Kier molecular flexibility index (Phi) is 12.5. The molecule has 0 fully saturated rings. The third-order valence-electron chi connectivity index (χ3n) is 9.40. The molecule has 0 N–H and O–H groups in total. The molecule has 48 heavy (non-hydrogen) atoms. The average molecular weight is 712 g/mol. The molecule has 0 bridgehead atoms. The van der Waals surface area contributed by atoms with E-state index in [2.05, 4.69) is 168 Å². The van der Waals surface area contributed by atoms with Crippen LogP contribution in [0.3, 0.4) is 0 Å². The van der Waals surface area contributed by atoms with Gasteiger partial charge in [0.05, 0.1) is 0 Å². The van der Waals surface area contributed by atoms with Crippen molar-refractivity contribution in [3.05, 3.63) is 153 Å². The van der Waals surface area contributed by atoms with Gasteiger partial charge in [-0.3, -0.25) is 6.08 Å². The summed E-state index contributed by atoms with van der Waals surface area (Å²) in [5.74, 6) is 1.20. The summed E-state index contributed by atoms with van der Waals surface area (Å²) in [7, 11) is 0. The molecule has 2 aliphatic carbocycles. The zero-order valence-corrected chi connectivity index (χ0v) is 34.1. The van der Waals surface area contributed by atoms with Crippen LogP contribution in [0.1, 0.15) is 143 Å². The van der Waals surface area contributed by atoms with Crippen molar-refractivity contribution in [1.82, 2.24) is 0 Å². The van der Waals surface area contributed by atoms with E-state index in [0.29, 0.717) is 11.8 Å². The molecule has 6 rings (SSSR count). The van der Waals surface area contributed by atoms with Crippen LogP contribution in [0.15, 0.2) is 85.0 Å². The fourth-order valence-electron chi connectivity index (χ4n) is 6.60. The molecule has 0 heterocycles. The van der Waals surface area contributed by atoms with E-state index in [4.69, 9.17) is 0 Å². The van der Waals surface area contributed by atoms with Gasteiger partial charge < -0.3 is 0 Å². The van der Waals surface area contributed by atoms with Crippen LogP contribution in [0.25, 0.3) is 11.1 Å². The molecule has 2 aliphatic rings. The summed E-state index contributed by atoms with van der Waals surface area (Å²) in [6.45, 7) is 27.2. The number of aryl methyl sites for hydroxylation is 2. The number of hydrogen-bond acceptors (Lipinski definition) is 0. The average Bonchev–Trinajstić information content (AvgIpc) is 3.71. The zero-order valence-electron chi connectivity index (χ0n) is 31.7. The molecule has 0 spiro atoms. The molecule has 0 atom stereocenters. The Balaban J connectivity index is 0.000000190. The molecule has 0 unspecified atom stereocenters. The van der Waals surface area contributed by atoms with Crippen molar-refractivity contribution in [2.24, 2.45) is 0 Å². The molecule has 0 aliphatic heterocycles. The third kappa shape index (κ3) is 9.42. The van der Waals surface area contributed by atoms with Gasteiger partial charge in [-0.2, -0.15) is 23.8 Å². The van der Waals surface area contributed by atoms with E-state index in [1.165, 1.54) is 94.2 Å². The second-order valence-electron chi connectivity index (χ2n) is 16.1. The van der Waals surface area contributed by atoms with Crippen LogP contribution in [0.5, 0.6) is 0 Å². The van der Waals surface area contributed by atoms with E-state index in [1.54, 1.807) is 0 Å². The molecule has 0 aromatic heterocycles. The summed E-state index contributed by atoms with van der Waals surface area (Å²) in [5.41, 5.74) is 17.1. The molecular formula is C47H56Zr. The van der Waals surface area contributed by atoms with E-state index in [9.17, 15) is 0 Å². The van der Waals surface area contributed by atoms with Crippen molar-refractivity contribution in [2.45, 2.75) is 119 Å². The van der Waals surface area contributed by atoms with Gasteiger partial charge in [0.2, 0.25) is 0 Å². The monoisotopic (exact) mass is 710 g/mol. The first kappa shape index (κ1) is 37.9. The van der Waals surface area contributed by atoms with Crippen LogP contribution in [0.2, 0.25) is 0 Å². The van der Waals surface area contributed by atoms with Crippen LogP contribution < -0.4 is 0 Å². The largest absolute Gasteiger partial charge is 0.273 e. The number of fused-ring (bicyclic) bond motifs is 3. The van der Waals surface area contributed by atoms with Gasteiger partial charge in [0.1, 0.15) is 0 Å². The van der Waals surface area contributed by atoms with E-state index in [0.717, 1.165) is 12.8 Å². The molecule has 4 aromatic rings. The summed E-state index contributed by atoms with van der Waals surface area (Å²) < 4.78 is 1.43. The fourth-order valence-corrected chi connectivity index (χ4v) is 7.42. The van der Waals surface area contributed by atoms with Crippen molar-refractivity contribution in [3.63, 3.8) is 0 Å². The minimum Gasteiger partial charge on any atom is -0.273 e. The molecule has 0 saturated carbocycles. The van der Waals surface area contributed by atoms with Gasteiger partial charge in [-0.1, -0.05) is 71.6 Å². The number of allylic oxidation sites excluding steroid dienone is 4. The molecule has 1 heteroatoms. The van der Waals surface area contributed by atoms with Crippen LogP contribution >= 0.6 is 0 Å². The summed E-state index contributed by atoms with van der Waals surface area (Å²) in [6, 6.07) is 29.0. The molecular weight excluding hydrogens is 656 g/mol. The van der Waals surface area contributed by atoms with E-state index < -0.39 is 0 Å². The van der Waals surface area contributed by atoms with Gasteiger partial charge in [0.15, 0.2) is 0 Å². The topological polar surface area (TPSA) is 0 Å². The van der Waals surface area contributed by atoms with E-state index in [1.807, 2.05) is 12.2 Å². The number of hydrogen-bond donors (Lipinski definition) is 0. The first-order chi connectivity index (χ1) is 22.5. The smallest absolute Gasteiger partial charge is 0.0129 e. The Morgan fingerprint density at radius 3 is 1.58 bits per heavy atom. The Morgan fingerprint density at radius 2 is 1.19 bits per heavy atom. The van der Waals surface area contributed by atoms with Crippen molar-refractivity contribution in [1.29, 1.82) is 0 Å². The predicted octanol–water partition coefficient (Wildman–Crippen LogP) is 12.6. The second-order valence-corrected chi connectivity index (χ2v) is 17.4. The summed E-state index contributed by atoms with van der Waals surface area (Å²) in [6.07, 6.45) is 11.0. The minimum atomic E-state index is 0.163. The molecule has 0 nitrogen and oxygen atoms in total. The maximum atomic E-state index is 3.69. The molecule has 0 saturated heterocycles. The van der Waals surface area contributed by atoms with E-state index >= 15 is 0 Å². The van der Waals surface area contributed by atoms with Gasteiger partial charge in [0.25, 0.3) is 0 Å². The van der Waals surface area contributed by atoms with Crippen LogP contribution in [0, 0.1) is 26.0 Å². The summed E-state index contributed by atoms with van der Waals surface area (Å²) in [4.78, 5) is 0. The molecule has 0 amide bonds. The number of rotatable bonds is 4. The first-order valence-electron chi connectivity index (χ1n) is 17.7. The first-order valence-corrected chi connectivity index (χ1v) is 18.9. The summed E-state index contributed by atoms with van der Waals surface area (Å²) in [5, 5.41) is 0. The Morgan fingerprint density at radius 1 is 0.688 bits per heavy atom. The van der Waals surface area contributed by atoms with Crippen molar-refractivity contribution >= 4 is 3.21 Å². The Bertz CT molecular complexity index is 1650. The second kappa shape index (κ2) is 15.8. The van der Waals surface area contributed by atoms with Crippen LogP contribution in [-0.4, -0.2) is 3.21 Å². The van der Waals surface area contributed by atoms with Crippen LogP contribution in [-0.2, 0) is 41.5 Å². The van der Waals surface area contributed by atoms with Crippen molar-refractivity contribution in [3.8, 4) is 11.1 Å². The van der Waals surface area contributed by atoms with Gasteiger partial charge in [-0.15, -0.1) is 23.1 Å². The minimum absolute atomic E-state index is 0.163. The standard InChI is InChI=1S/C23H29.C19H22.C5H5.Zr/c1-14-9-16-11-17-10-15(2)21(23(6,7)8)13-19(17)18(16)12-20(14)22(3,4)5;1-14(2)18-9-5-16(6-10-18)13-17-7-11-19(12-8-17)15(3)4;1-2-4-5-3-1;/h9,12-13H,11H2,1-8H3;5-12,14-15H,1-4H3;1-3H,4H2;/q-1;;-1;+2.